The minimum absolute atomic E-state index is 0.509. The lowest BCUT2D eigenvalue weighted by atomic mass is 9.96. The van der Waals surface area contributed by atoms with Gasteiger partial charge >= 0.3 is 11.9 Å². The molecule has 7 nitrogen and oxygen atoms in total. The normalized spacial score (nSPS) is 16.3. The number of carbonyl (C=O) groups is 2. The van der Waals surface area contributed by atoms with Crippen LogP contribution in [0.1, 0.15) is 30.9 Å². The molecule has 0 spiro atoms. The maximum absolute atomic E-state index is 9.10. The van der Waals surface area contributed by atoms with Gasteiger partial charge < -0.3 is 14.9 Å². The van der Waals surface area contributed by atoms with E-state index in [4.69, 9.17) is 24.5 Å². The van der Waals surface area contributed by atoms with Crippen LogP contribution in [-0.2, 0) is 14.3 Å². The first-order valence-corrected chi connectivity index (χ1v) is 10.9. The van der Waals surface area contributed by atoms with Crippen LogP contribution in [0.3, 0.4) is 0 Å². The molecule has 0 radical (unpaired) electrons. The fourth-order valence-corrected chi connectivity index (χ4v) is 4.01. The average Bonchev–Trinajstić information content (AvgIpc) is 2.78. The van der Waals surface area contributed by atoms with Gasteiger partial charge in [-0.3, -0.25) is 9.88 Å². The lowest BCUT2D eigenvalue weighted by Crippen LogP contribution is -2.36. The Morgan fingerprint density at radius 1 is 1.07 bits per heavy atom. The lowest BCUT2D eigenvalue weighted by Gasteiger charge is -2.35. The third-order valence-corrected chi connectivity index (χ3v) is 5.60. The molecule has 2 aromatic rings. The molecule has 0 aliphatic carbocycles. The van der Waals surface area contributed by atoms with Crippen LogP contribution < -0.4 is 0 Å². The van der Waals surface area contributed by atoms with E-state index < -0.39 is 11.9 Å². The zero-order valence-electron chi connectivity index (χ0n) is 16.9. The second-order valence-electron chi connectivity index (χ2n) is 6.72. The van der Waals surface area contributed by atoms with Gasteiger partial charge in [0, 0.05) is 35.6 Å². The summed E-state index contributed by atoms with van der Waals surface area (Å²) in [6.45, 7) is 3.80. The maximum Gasteiger partial charge on any atom is 0.414 e. The smallest absolute Gasteiger partial charge is 0.414 e. The van der Waals surface area contributed by atoms with Crippen LogP contribution in [0.15, 0.2) is 59.8 Å². The van der Waals surface area contributed by atoms with Gasteiger partial charge in [0.2, 0.25) is 0 Å². The molecular formula is C22H28N2O5S. The van der Waals surface area contributed by atoms with Gasteiger partial charge in [0.25, 0.3) is 0 Å². The number of piperidine rings is 1. The van der Waals surface area contributed by atoms with Crippen LogP contribution in [0.2, 0.25) is 0 Å². The summed E-state index contributed by atoms with van der Waals surface area (Å²) in [4.78, 5) is 26.4. The molecule has 8 heteroatoms. The SMILES string of the molecule is O=C(O)C(=O)O.c1ccc(SCCOCCN2CCCCC2c2cccnc2)cc1. The van der Waals surface area contributed by atoms with Gasteiger partial charge in [-0.1, -0.05) is 30.7 Å². The molecule has 1 aromatic carbocycles. The van der Waals surface area contributed by atoms with Gasteiger partial charge in [-0.05, 0) is 43.1 Å². The monoisotopic (exact) mass is 432 g/mol. The Morgan fingerprint density at radius 3 is 2.50 bits per heavy atom. The van der Waals surface area contributed by atoms with Crippen LogP contribution in [0, 0.1) is 0 Å². The van der Waals surface area contributed by atoms with Crippen molar-refractivity contribution < 1.29 is 24.5 Å². The summed E-state index contributed by atoms with van der Waals surface area (Å²) >= 11 is 1.86. The van der Waals surface area contributed by atoms with Crippen LogP contribution >= 0.6 is 11.8 Å². The van der Waals surface area contributed by atoms with Crippen molar-refractivity contribution in [1.29, 1.82) is 0 Å². The summed E-state index contributed by atoms with van der Waals surface area (Å²) in [5.74, 6) is -2.64. The summed E-state index contributed by atoms with van der Waals surface area (Å²) in [5.41, 5.74) is 1.34. The lowest BCUT2D eigenvalue weighted by molar-refractivity contribution is -0.159. The van der Waals surface area contributed by atoms with Gasteiger partial charge in [0.1, 0.15) is 0 Å². The van der Waals surface area contributed by atoms with Gasteiger partial charge in [-0.25, -0.2) is 9.59 Å². The first kappa shape index (κ1) is 23.9. The summed E-state index contributed by atoms with van der Waals surface area (Å²) < 4.78 is 5.86. The highest BCUT2D eigenvalue weighted by atomic mass is 32.2. The van der Waals surface area contributed by atoms with E-state index in [1.165, 1.54) is 36.3 Å². The highest BCUT2D eigenvalue weighted by Gasteiger charge is 2.23. The number of ether oxygens (including phenoxy) is 1. The van der Waals surface area contributed by atoms with Gasteiger partial charge in [-0.15, -0.1) is 11.8 Å². The Bertz CT molecular complexity index is 749. The van der Waals surface area contributed by atoms with E-state index in [2.05, 4.69) is 46.3 Å². The number of likely N-dealkylation sites (tertiary alicyclic amines) is 1. The highest BCUT2D eigenvalue weighted by Crippen LogP contribution is 2.29. The van der Waals surface area contributed by atoms with Crippen molar-refractivity contribution in [2.75, 3.05) is 32.1 Å². The number of rotatable bonds is 8. The van der Waals surface area contributed by atoms with Crippen molar-refractivity contribution in [1.82, 2.24) is 9.88 Å². The van der Waals surface area contributed by atoms with Crippen molar-refractivity contribution in [3.8, 4) is 0 Å². The van der Waals surface area contributed by atoms with Crippen molar-refractivity contribution >= 4 is 23.7 Å². The Kier molecular flexibility index (Phi) is 10.9. The van der Waals surface area contributed by atoms with E-state index >= 15 is 0 Å². The van der Waals surface area contributed by atoms with Crippen LogP contribution in [0.4, 0.5) is 0 Å². The highest BCUT2D eigenvalue weighted by molar-refractivity contribution is 7.99. The van der Waals surface area contributed by atoms with E-state index in [0.29, 0.717) is 6.04 Å². The quantitative estimate of drug-likeness (QED) is 0.371. The van der Waals surface area contributed by atoms with Crippen LogP contribution in [0.5, 0.6) is 0 Å². The summed E-state index contributed by atoms with van der Waals surface area (Å²) in [7, 11) is 0. The molecule has 2 N–H and O–H groups in total. The number of benzene rings is 1. The van der Waals surface area contributed by atoms with E-state index in [-0.39, 0.29) is 0 Å². The first-order chi connectivity index (χ1) is 14.6. The summed E-state index contributed by atoms with van der Waals surface area (Å²) in [5, 5.41) is 14.8. The minimum atomic E-state index is -1.82. The predicted octanol–water partition coefficient (Wildman–Crippen LogP) is 3.57. The Labute approximate surface area is 181 Å². The summed E-state index contributed by atoms with van der Waals surface area (Å²) in [6, 6.07) is 15.3. The molecule has 1 aliphatic heterocycles. The second kappa shape index (κ2) is 13.7. The number of pyridine rings is 1. The van der Waals surface area contributed by atoms with Crippen molar-refractivity contribution in [3.63, 3.8) is 0 Å². The molecule has 0 amide bonds. The van der Waals surface area contributed by atoms with Crippen molar-refractivity contribution in [2.45, 2.75) is 30.2 Å². The molecule has 1 saturated heterocycles. The molecule has 1 atom stereocenters. The topological polar surface area (TPSA) is 100.0 Å². The van der Waals surface area contributed by atoms with E-state index in [9.17, 15) is 0 Å². The Morgan fingerprint density at radius 2 is 1.83 bits per heavy atom. The van der Waals surface area contributed by atoms with E-state index in [0.717, 1.165) is 25.5 Å². The molecule has 162 valence electrons. The largest absolute Gasteiger partial charge is 0.473 e. The number of hydrogen-bond donors (Lipinski definition) is 2. The zero-order valence-corrected chi connectivity index (χ0v) is 17.7. The zero-order chi connectivity index (χ0) is 21.6. The number of carboxylic acids is 2. The van der Waals surface area contributed by atoms with E-state index in [1.54, 1.807) is 0 Å². The number of thioether (sulfide) groups is 1. The van der Waals surface area contributed by atoms with Crippen molar-refractivity contribution in [2.24, 2.45) is 0 Å². The minimum Gasteiger partial charge on any atom is -0.473 e. The third-order valence-electron chi connectivity index (χ3n) is 4.63. The fraction of sp³-hybridized carbons (Fsp3) is 0.409. The third kappa shape index (κ3) is 8.94. The van der Waals surface area contributed by atoms with Crippen molar-refractivity contribution in [3.05, 3.63) is 60.4 Å². The molecule has 1 fully saturated rings. The van der Waals surface area contributed by atoms with Crippen LogP contribution in [-0.4, -0.2) is 64.1 Å². The predicted molar refractivity (Wildman–Crippen MR) is 116 cm³/mol. The molecule has 2 heterocycles. The molecule has 3 rings (SSSR count). The molecule has 0 bridgehead atoms. The van der Waals surface area contributed by atoms with Crippen LogP contribution in [0.25, 0.3) is 0 Å². The average molecular weight is 433 g/mol. The van der Waals surface area contributed by atoms with E-state index in [1.807, 2.05) is 30.2 Å². The first-order valence-electron chi connectivity index (χ1n) is 9.93. The standard InChI is InChI=1S/C20H26N2OS.C2H2O4/c1-2-8-19(9-3-1)24-16-15-23-14-13-22-12-5-4-10-20(22)18-7-6-11-21-17-18;3-1(4)2(5)6/h1-3,6-9,11,17,20H,4-5,10,12-16H2;(H,3,4)(H,5,6). The molecule has 1 aliphatic rings. The molecule has 30 heavy (non-hydrogen) atoms. The summed E-state index contributed by atoms with van der Waals surface area (Å²) in [6.07, 6.45) is 7.70. The maximum atomic E-state index is 9.10. The molecular weight excluding hydrogens is 404 g/mol. The molecule has 0 saturated carbocycles. The number of hydrogen-bond acceptors (Lipinski definition) is 6. The Balaban J connectivity index is 0.000000469. The van der Waals surface area contributed by atoms with Gasteiger partial charge in [0.05, 0.1) is 13.2 Å². The number of nitrogens with zero attached hydrogens (tertiary/aromatic N) is 2. The Hall–Kier alpha value is -2.42. The van der Waals surface area contributed by atoms with Gasteiger partial charge in [-0.2, -0.15) is 0 Å². The fourth-order valence-electron chi connectivity index (χ4n) is 3.23. The molecule has 1 unspecified atom stereocenters. The second-order valence-corrected chi connectivity index (χ2v) is 7.89. The van der Waals surface area contributed by atoms with Gasteiger partial charge in [0.15, 0.2) is 0 Å². The number of aromatic nitrogens is 1. The number of aliphatic carboxylic acids is 2. The number of carboxylic acid groups (broad SMARTS) is 2. The molecule has 1 aromatic heterocycles.